The van der Waals surface area contributed by atoms with Gasteiger partial charge in [0, 0.05) is 25.7 Å². The minimum Gasteiger partial charge on any atom is -0.329 e. The second-order valence-corrected chi connectivity index (χ2v) is 6.33. The topological polar surface area (TPSA) is 29.3 Å². The van der Waals surface area contributed by atoms with Gasteiger partial charge in [0.15, 0.2) is 0 Å². The lowest BCUT2D eigenvalue weighted by molar-refractivity contribution is 0.160. The lowest BCUT2D eigenvalue weighted by Gasteiger charge is -2.33. The van der Waals surface area contributed by atoms with Crippen molar-refractivity contribution in [3.63, 3.8) is 0 Å². The van der Waals surface area contributed by atoms with Gasteiger partial charge in [-0.25, -0.2) is 0 Å². The van der Waals surface area contributed by atoms with Crippen LogP contribution >= 0.6 is 11.3 Å². The van der Waals surface area contributed by atoms with Crippen molar-refractivity contribution in [2.75, 3.05) is 19.6 Å². The number of hydrogen-bond acceptors (Lipinski definition) is 3. The van der Waals surface area contributed by atoms with Gasteiger partial charge in [0.05, 0.1) is 0 Å². The fourth-order valence-corrected chi connectivity index (χ4v) is 2.93. The van der Waals surface area contributed by atoms with Gasteiger partial charge in [-0.05, 0) is 34.2 Å². The predicted octanol–water partition coefficient (Wildman–Crippen LogP) is 3.36. The van der Waals surface area contributed by atoms with Gasteiger partial charge in [0.2, 0.25) is 0 Å². The molecular weight excluding hydrogens is 228 g/mol. The smallest absolute Gasteiger partial charge is 0.0478 e. The zero-order valence-electron chi connectivity index (χ0n) is 11.5. The molecule has 1 atom stereocenters. The Hall–Kier alpha value is -0.380. The average molecular weight is 254 g/mol. The van der Waals surface area contributed by atoms with E-state index in [2.05, 4.69) is 49.4 Å². The molecule has 1 aromatic heterocycles. The largest absolute Gasteiger partial charge is 0.329 e. The van der Waals surface area contributed by atoms with E-state index in [0.717, 1.165) is 13.1 Å². The minimum atomic E-state index is 0.381. The lowest BCUT2D eigenvalue weighted by Crippen LogP contribution is -2.38. The summed E-state index contributed by atoms with van der Waals surface area (Å²) >= 11 is 1.76. The van der Waals surface area contributed by atoms with Crippen LogP contribution in [0.3, 0.4) is 0 Å². The van der Waals surface area contributed by atoms with E-state index < -0.39 is 0 Å². The molecule has 17 heavy (non-hydrogen) atoms. The van der Waals surface area contributed by atoms with Crippen molar-refractivity contribution in [2.45, 2.75) is 33.7 Å². The normalized spacial score (nSPS) is 13.9. The maximum absolute atomic E-state index is 5.98. The van der Waals surface area contributed by atoms with Crippen LogP contribution in [-0.2, 0) is 0 Å². The van der Waals surface area contributed by atoms with E-state index in [9.17, 15) is 0 Å². The summed E-state index contributed by atoms with van der Waals surface area (Å²) in [6.07, 6.45) is 0. The highest BCUT2D eigenvalue weighted by atomic mass is 32.1. The lowest BCUT2D eigenvalue weighted by atomic mass is 10.0. The van der Waals surface area contributed by atoms with Gasteiger partial charge in [-0.15, -0.1) is 0 Å². The third kappa shape index (κ3) is 4.78. The van der Waals surface area contributed by atoms with Gasteiger partial charge in [-0.3, -0.25) is 4.90 Å². The second-order valence-electron chi connectivity index (χ2n) is 5.55. The number of nitrogens with zero attached hydrogens (tertiary/aromatic N) is 1. The number of hydrogen-bond donors (Lipinski definition) is 1. The van der Waals surface area contributed by atoms with Gasteiger partial charge in [0.25, 0.3) is 0 Å². The Morgan fingerprint density at radius 1 is 1.18 bits per heavy atom. The molecule has 0 saturated heterocycles. The number of nitrogens with two attached hydrogens (primary N) is 1. The van der Waals surface area contributed by atoms with Crippen molar-refractivity contribution < 1.29 is 0 Å². The molecule has 3 heteroatoms. The Morgan fingerprint density at radius 3 is 2.12 bits per heavy atom. The summed E-state index contributed by atoms with van der Waals surface area (Å²) in [4.78, 5) is 2.54. The highest BCUT2D eigenvalue weighted by Crippen LogP contribution is 2.24. The molecule has 0 aliphatic heterocycles. The first-order valence-corrected chi connectivity index (χ1v) is 7.45. The molecule has 0 aliphatic carbocycles. The van der Waals surface area contributed by atoms with Crippen LogP contribution in [0.2, 0.25) is 0 Å². The quantitative estimate of drug-likeness (QED) is 0.808. The monoisotopic (exact) mass is 254 g/mol. The van der Waals surface area contributed by atoms with Crippen molar-refractivity contribution in [3.8, 4) is 0 Å². The van der Waals surface area contributed by atoms with Crippen LogP contribution in [-0.4, -0.2) is 24.5 Å². The van der Waals surface area contributed by atoms with E-state index in [-0.39, 0.29) is 0 Å². The zero-order chi connectivity index (χ0) is 12.8. The van der Waals surface area contributed by atoms with Crippen LogP contribution < -0.4 is 5.73 Å². The van der Waals surface area contributed by atoms with E-state index in [1.807, 2.05) is 0 Å². The molecular formula is C14H26N2S. The summed E-state index contributed by atoms with van der Waals surface area (Å²) in [7, 11) is 0. The molecule has 2 nitrogen and oxygen atoms in total. The van der Waals surface area contributed by atoms with Gasteiger partial charge in [-0.1, -0.05) is 27.7 Å². The van der Waals surface area contributed by atoms with E-state index in [1.54, 1.807) is 11.3 Å². The van der Waals surface area contributed by atoms with E-state index in [1.165, 1.54) is 5.56 Å². The molecule has 2 N–H and O–H groups in total. The Balaban J connectivity index is 2.78. The molecule has 0 radical (unpaired) electrons. The first kappa shape index (κ1) is 14.7. The van der Waals surface area contributed by atoms with Crippen molar-refractivity contribution in [2.24, 2.45) is 17.6 Å². The molecule has 1 rings (SSSR count). The number of thiophene rings is 1. The van der Waals surface area contributed by atoms with Gasteiger partial charge < -0.3 is 5.73 Å². The summed E-state index contributed by atoms with van der Waals surface area (Å²) in [5.41, 5.74) is 7.35. The van der Waals surface area contributed by atoms with Crippen LogP contribution in [0, 0.1) is 11.8 Å². The predicted molar refractivity (Wildman–Crippen MR) is 77.4 cm³/mol. The molecule has 0 aromatic carbocycles. The van der Waals surface area contributed by atoms with E-state index >= 15 is 0 Å². The molecule has 0 aliphatic rings. The van der Waals surface area contributed by atoms with E-state index in [0.29, 0.717) is 24.4 Å². The van der Waals surface area contributed by atoms with Gasteiger partial charge >= 0.3 is 0 Å². The highest BCUT2D eigenvalue weighted by Gasteiger charge is 2.20. The third-order valence-electron chi connectivity index (χ3n) is 2.79. The first-order valence-electron chi connectivity index (χ1n) is 6.50. The standard InChI is InChI=1S/C14H26N2S/c1-11(2)8-16(9-12(3)4)14(7-15)13-5-6-17-10-13/h5-6,10-12,14H,7-9,15H2,1-4H3. The van der Waals surface area contributed by atoms with E-state index in [4.69, 9.17) is 5.73 Å². The number of rotatable bonds is 7. The van der Waals surface area contributed by atoms with Gasteiger partial charge in [-0.2, -0.15) is 11.3 Å². The summed E-state index contributed by atoms with van der Waals surface area (Å²) in [5, 5.41) is 4.37. The van der Waals surface area contributed by atoms with Crippen LogP contribution in [0.4, 0.5) is 0 Å². The Morgan fingerprint density at radius 2 is 1.76 bits per heavy atom. The maximum Gasteiger partial charge on any atom is 0.0478 e. The highest BCUT2D eigenvalue weighted by molar-refractivity contribution is 7.07. The third-order valence-corrected chi connectivity index (χ3v) is 3.49. The molecule has 0 amide bonds. The molecule has 1 aromatic rings. The molecule has 0 saturated carbocycles. The average Bonchev–Trinajstić information content (AvgIpc) is 2.70. The van der Waals surface area contributed by atoms with Crippen LogP contribution in [0.15, 0.2) is 16.8 Å². The summed E-state index contributed by atoms with van der Waals surface area (Å²) in [5.74, 6) is 1.36. The molecule has 0 spiro atoms. The fourth-order valence-electron chi connectivity index (χ4n) is 2.23. The molecule has 1 unspecified atom stereocenters. The first-order chi connectivity index (χ1) is 8.04. The van der Waals surface area contributed by atoms with Crippen LogP contribution in [0.1, 0.15) is 39.3 Å². The SMILES string of the molecule is CC(C)CN(CC(C)C)C(CN)c1ccsc1. The van der Waals surface area contributed by atoms with Crippen LogP contribution in [0.5, 0.6) is 0 Å². The van der Waals surface area contributed by atoms with Crippen molar-refractivity contribution >= 4 is 11.3 Å². The van der Waals surface area contributed by atoms with Crippen molar-refractivity contribution in [1.82, 2.24) is 4.90 Å². The Bertz CT molecular complexity index is 283. The summed E-state index contributed by atoms with van der Waals surface area (Å²) in [6.45, 7) is 12.0. The molecule has 0 fully saturated rings. The summed E-state index contributed by atoms with van der Waals surface area (Å²) in [6, 6.07) is 2.58. The summed E-state index contributed by atoms with van der Waals surface area (Å²) < 4.78 is 0. The second kappa shape index (κ2) is 7.14. The molecule has 1 heterocycles. The Labute approximate surface area is 110 Å². The molecule has 98 valence electrons. The van der Waals surface area contributed by atoms with Crippen molar-refractivity contribution in [3.05, 3.63) is 22.4 Å². The zero-order valence-corrected chi connectivity index (χ0v) is 12.3. The van der Waals surface area contributed by atoms with Gasteiger partial charge in [0.1, 0.15) is 0 Å². The van der Waals surface area contributed by atoms with Crippen LogP contribution in [0.25, 0.3) is 0 Å². The Kier molecular flexibility index (Phi) is 6.17. The fraction of sp³-hybridized carbons (Fsp3) is 0.714. The maximum atomic E-state index is 5.98. The minimum absolute atomic E-state index is 0.381. The van der Waals surface area contributed by atoms with Crippen molar-refractivity contribution in [1.29, 1.82) is 0 Å². The molecule has 0 bridgehead atoms.